The molecule has 0 unspecified atom stereocenters. The van der Waals surface area contributed by atoms with Crippen LogP contribution in [0.15, 0.2) is 47.6 Å². The molecule has 1 atom stereocenters. The van der Waals surface area contributed by atoms with E-state index in [0.29, 0.717) is 15.1 Å². The number of ether oxygens (including phenoxy) is 2. The van der Waals surface area contributed by atoms with Gasteiger partial charge in [0.05, 0.1) is 9.78 Å². The predicted octanol–water partition coefficient (Wildman–Crippen LogP) is 2.29. The van der Waals surface area contributed by atoms with Crippen LogP contribution in [0.4, 0.5) is 0 Å². The van der Waals surface area contributed by atoms with E-state index < -0.39 is 6.10 Å². The molecule has 0 fully saturated rings. The predicted molar refractivity (Wildman–Crippen MR) is 92.9 cm³/mol. The minimum atomic E-state index is -0.748. The molecular weight excluding hydrogens is 411 g/mol. The number of nitrogens with one attached hydrogen (secondary N) is 1. The number of para-hydroxylation sites is 2. The summed E-state index contributed by atoms with van der Waals surface area (Å²) in [5, 5.41) is 13.4. The SMILES string of the molecule is O=C(N/N=C\c1ccc(O)c(I)c1)[C@H]1COc2ccccc2O1. The fourth-order valence-electron chi connectivity index (χ4n) is 1.99. The Morgan fingerprint density at radius 3 is 2.87 bits per heavy atom. The van der Waals surface area contributed by atoms with Gasteiger partial charge in [-0.15, -0.1) is 0 Å². The Morgan fingerprint density at radius 1 is 1.30 bits per heavy atom. The van der Waals surface area contributed by atoms with E-state index in [1.807, 2.05) is 34.7 Å². The minimum absolute atomic E-state index is 0.134. The first-order chi connectivity index (χ1) is 11.1. The fraction of sp³-hybridized carbons (Fsp3) is 0.125. The first kappa shape index (κ1) is 15.6. The average molecular weight is 424 g/mol. The van der Waals surface area contributed by atoms with E-state index in [4.69, 9.17) is 9.47 Å². The van der Waals surface area contributed by atoms with Crippen molar-refractivity contribution in [3.05, 3.63) is 51.6 Å². The maximum atomic E-state index is 12.0. The van der Waals surface area contributed by atoms with Crippen molar-refractivity contribution in [3.8, 4) is 17.2 Å². The smallest absolute Gasteiger partial charge is 0.284 e. The maximum absolute atomic E-state index is 12.0. The van der Waals surface area contributed by atoms with Crippen LogP contribution in [0.1, 0.15) is 5.56 Å². The molecule has 1 aliphatic rings. The number of halogens is 1. The molecule has 0 aliphatic carbocycles. The normalized spacial score (nSPS) is 16.3. The lowest BCUT2D eigenvalue weighted by atomic mass is 10.2. The van der Waals surface area contributed by atoms with Gasteiger partial charge < -0.3 is 14.6 Å². The summed E-state index contributed by atoms with van der Waals surface area (Å²) in [6, 6.07) is 12.2. The molecule has 0 bridgehead atoms. The van der Waals surface area contributed by atoms with Gasteiger partial charge in [0.25, 0.3) is 5.91 Å². The molecule has 23 heavy (non-hydrogen) atoms. The Hall–Kier alpha value is -2.29. The molecule has 0 aromatic heterocycles. The van der Waals surface area contributed by atoms with Crippen molar-refractivity contribution in [3.63, 3.8) is 0 Å². The first-order valence-electron chi connectivity index (χ1n) is 6.83. The van der Waals surface area contributed by atoms with Gasteiger partial charge in [0, 0.05) is 0 Å². The van der Waals surface area contributed by atoms with Gasteiger partial charge in [-0.25, -0.2) is 5.43 Å². The van der Waals surface area contributed by atoms with Crippen molar-refractivity contribution in [2.45, 2.75) is 6.10 Å². The number of nitrogens with zero attached hydrogens (tertiary/aromatic N) is 1. The van der Waals surface area contributed by atoms with E-state index in [9.17, 15) is 9.90 Å². The molecule has 2 aromatic carbocycles. The number of phenols is 1. The highest BCUT2D eigenvalue weighted by Gasteiger charge is 2.26. The second-order valence-electron chi connectivity index (χ2n) is 4.81. The lowest BCUT2D eigenvalue weighted by Crippen LogP contribution is -2.42. The second-order valence-corrected chi connectivity index (χ2v) is 5.97. The number of amides is 1. The Morgan fingerprint density at radius 2 is 2.09 bits per heavy atom. The summed E-state index contributed by atoms with van der Waals surface area (Å²) in [5.74, 6) is 0.983. The molecule has 1 aliphatic heterocycles. The van der Waals surface area contributed by atoms with E-state index in [1.54, 1.807) is 30.3 Å². The van der Waals surface area contributed by atoms with Crippen molar-refractivity contribution in [1.29, 1.82) is 0 Å². The summed E-state index contributed by atoms with van der Waals surface area (Å²) in [6.07, 6.45) is 0.749. The number of aromatic hydroxyl groups is 1. The molecule has 1 heterocycles. The number of benzene rings is 2. The molecule has 0 spiro atoms. The molecule has 6 nitrogen and oxygen atoms in total. The highest BCUT2D eigenvalue weighted by molar-refractivity contribution is 14.1. The van der Waals surface area contributed by atoms with E-state index in [-0.39, 0.29) is 18.3 Å². The largest absolute Gasteiger partial charge is 0.507 e. The average Bonchev–Trinajstić information content (AvgIpc) is 2.57. The Bertz CT molecular complexity index is 763. The zero-order valence-corrected chi connectivity index (χ0v) is 14.1. The van der Waals surface area contributed by atoms with Crippen LogP contribution in [0, 0.1) is 3.57 Å². The van der Waals surface area contributed by atoms with Crippen molar-refractivity contribution in [1.82, 2.24) is 5.43 Å². The van der Waals surface area contributed by atoms with Crippen molar-refractivity contribution in [2.24, 2.45) is 5.10 Å². The molecule has 2 N–H and O–H groups in total. The number of hydrogen-bond donors (Lipinski definition) is 2. The van der Waals surface area contributed by atoms with Gasteiger partial charge in [0.2, 0.25) is 6.10 Å². The van der Waals surface area contributed by atoms with E-state index >= 15 is 0 Å². The topological polar surface area (TPSA) is 80.2 Å². The Labute approximate surface area is 146 Å². The number of fused-ring (bicyclic) bond motifs is 1. The number of phenolic OH excluding ortho intramolecular Hbond substituents is 1. The zero-order valence-electron chi connectivity index (χ0n) is 11.9. The highest BCUT2D eigenvalue weighted by Crippen LogP contribution is 2.30. The number of hydrazone groups is 1. The quantitative estimate of drug-likeness (QED) is 0.450. The van der Waals surface area contributed by atoms with Gasteiger partial charge in [-0.05, 0) is 58.5 Å². The van der Waals surface area contributed by atoms with Crippen molar-refractivity contribution < 1.29 is 19.4 Å². The minimum Gasteiger partial charge on any atom is -0.507 e. The summed E-state index contributed by atoms with van der Waals surface area (Å²) in [6.45, 7) is 0.134. The molecule has 2 aromatic rings. The van der Waals surface area contributed by atoms with Crippen LogP contribution >= 0.6 is 22.6 Å². The van der Waals surface area contributed by atoms with Crippen LogP contribution < -0.4 is 14.9 Å². The van der Waals surface area contributed by atoms with Crippen LogP contribution in [0.5, 0.6) is 17.2 Å². The van der Waals surface area contributed by atoms with E-state index in [2.05, 4.69) is 10.5 Å². The third kappa shape index (κ3) is 3.73. The molecular formula is C16H13IN2O4. The summed E-state index contributed by atoms with van der Waals surface area (Å²) in [5.41, 5.74) is 3.19. The van der Waals surface area contributed by atoms with Crippen LogP contribution in [0.2, 0.25) is 0 Å². The number of hydrogen-bond acceptors (Lipinski definition) is 5. The van der Waals surface area contributed by atoms with Gasteiger partial charge in [0.15, 0.2) is 11.5 Å². The zero-order chi connectivity index (χ0) is 16.2. The molecule has 0 saturated heterocycles. The number of rotatable bonds is 3. The summed E-state index contributed by atoms with van der Waals surface area (Å²) < 4.78 is 11.8. The lowest BCUT2D eigenvalue weighted by molar-refractivity contribution is -0.130. The second kappa shape index (κ2) is 6.86. The van der Waals surface area contributed by atoms with E-state index in [0.717, 1.165) is 5.56 Å². The van der Waals surface area contributed by atoms with Gasteiger partial charge in [0.1, 0.15) is 12.4 Å². The molecule has 118 valence electrons. The maximum Gasteiger partial charge on any atom is 0.284 e. The van der Waals surface area contributed by atoms with Gasteiger partial charge >= 0.3 is 0 Å². The monoisotopic (exact) mass is 424 g/mol. The lowest BCUT2D eigenvalue weighted by Gasteiger charge is -2.24. The molecule has 1 amide bonds. The Balaban J connectivity index is 1.59. The molecule has 0 radical (unpaired) electrons. The van der Waals surface area contributed by atoms with Gasteiger partial charge in [-0.3, -0.25) is 4.79 Å². The summed E-state index contributed by atoms with van der Waals surface area (Å²) in [4.78, 5) is 12.0. The van der Waals surface area contributed by atoms with Gasteiger partial charge in [-0.1, -0.05) is 12.1 Å². The van der Waals surface area contributed by atoms with Crippen LogP contribution in [-0.4, -0.2) is 29.9 Å². The van der Waals surface area contributed by atoms with Crippen LogP contribution in [0.3, 0.4) is 0 Å². The Kier molecular flexibility index (Phi) is 4.65. The van der Waals surface area contributed by atoms with Crippen molar-refractivity contribution >= 4 is 34.7 Å². The third-order valence-electron chi connectivity index (χ3n) is 3.16. The van der Waals surface area contributed by atoms with Crippen molar-refractivity contribution in [2.75, 3.05) is 6.61 Å². The number of carbonyl (C=O) groups excluding carboxylic acids is 1. The standard InChI is InChI=1S/C16H13IN2O4/c17-11-7-10(5-6-12(11)20)8-18-19-16(21)15-9-22-13-3-1-2-4-14(13)23-15/h1-8,15,20H,9H2,(H,19,21)/b18-8-/t15-/m1/s1. The van der Waals surface area contributed by atoms with Crippen LogP contribution in [-0.2, 0) is 4.79 Å². The third-order valence-corrected chi connectivity index (χ3v) is 4.03. The summed E-state index contributed by atoms with van der Waals surface area (Å²) >= 11 is 2.02. The number of carbonyl (C=O) groups is 1. The summed E-state index contributed by atoms with van der Waals surface area (Å²) in [7, 11) is 0. The molecule has 7 heteroatoms. The van der Waals surface area contributed by atoms with Gasteiger partial charge in [-0.2, -0.15) is 5.10 Å². The highest BCUT2D eigenvalue weighted by atomic mass is 127. The fourth-order valence-corrected chi connectivity index (χ4v) is 2.53. The molecule has 3 rings (SSSR count). The first-order valence-corrected chi connectivity index (χ1v) is 7.91. The van der Waals surface area contributed by atoms with E-state index in [1.165, 1.54) is 6.21 Å². The molecule has 0 saturated carbocycles. The van der Waals surface area contributed by atoms with Crippen LogP contribution in [0.25, 0.3) is 0 Å².